The van der Waals surface area contributed by atoms with E-state index in [0.29, 0.717) is 0 Å². The molecule has 0 spiro atoms. The molecule has 3 nitrogen and oxygen atoms in total. The van der Waals surface area contributed by atoms with Crippen molar-refractivity contribution >= 4 is 0 Å². The van der Waals surface area contributed by atoms with E-state index in [-0.39, 0.29) is 6.23 Å². The first-order valence-electron chi connectivity index (χ1n) is 6.44. The SMILES string of the molecule is CC(O)N1CCN(CCc2ccccc2)CC1. The van der Waals surface area contributed by atoms with Gasteiger partial charge in [0, 0.05) is 32.7 Å². The van der Waals surface area contributed by atoms with Crippen LogP contribution in [-0.2, 0) is 6.42 Å². The lowest BCUT2D eigenvalue weighted by atomic mass is 10.1. The first-order chi connectivity index (χ1) is 8.25. The van der Waals surface area contributed by atoms with Gasteiger partial charge in [0.2, 0.25) is 0 Å². The molecular weight excluding hydrogens is 212 g/mol. The minimum atomic E-state index is -0.300. The van der Waals surface area contributed by atoms with Crippen molar-refractivity contribution in [3.8, 4) is 0 Å². The normalized spacial score (nSPS) is 20.4. The zero-order chi connectivity index (χ0) is 12.1. The van der Waals surface area contributed by atoms with E-state index in [2.05, 4.69) is 40.1 Å². The number of nitrogens with zero attached hydrogens (tertiary/aromatic N) is 2. The molecule has 0 aromatic heterocycles. The Balaban J connectivity index is 1.72. The second-order valence-corrected chi connectivity index (χ2v) is 4.75. The van der Waals surface area contributed by atoms with Gasteiger partial charge in [0.05, 0.1) is 0 Å². The molecule has 1 aromatic carbocycles. The van der Waals surface area contributed by atoms with Crippen LogP contribution in [0.15, 0.2) is 30.3 Å². The van der Waals surface area contributed by atoms with Crippen LogP contribution >= 0.6 is 0 Å². The lowest BCUT2D eigenvalue weighted by Crippen LogP contribution is -2.49. The van der Waals surface area contributed by atoms with Gasteiger partial charge in [0.15, 0.2) is 0 Å². The predicted octanol–water partition coefficient (Wildman–Crippen LogP) is 1.18. The van der Waals surface area contributed by atoms with E-state index in [1.165, 1.54) is 5.56 Å². The summed E-state index contributed by atoms with van der Waals surface area (Å²) in [5, 5.41) is 9.48. The third-order valence-electron chi connectivity index (χ3n) is 3.49. The Morgan fingerprint density at radius 1 is 1.12 bits per heavy atom. The van der Waals surface area contributed by atoms with E-state index in [4.69, 9.17) is 0 Å². The number of benzene rings is 1. The van der Waals surface area contributed by atoms with Crippen LogP contribution in [0.25, 0.3) is 0 Å². The molecular formula is C14H22N2O. The molecule has 0 amide bonds. The number of aliphatic hydroxyl groups excluding tert-OH is 1. The van der Waals surface area contributed by atoms with Gasteiger partial charge in [0.25, 0.3) is 0 Å². The van der Waals surface area contributed by atoms with E-state index in [1.807, 2.05) is 6.92 Å². The molecule has 1 N–H and O–H groups in total. The summed E-state index contributed by atoms with van der Waals surface area (Å²) in [6.07, 6.45) is 0.821. The maximum Gasteiger partial charge on any atom is 0.104 e. The average Bonchev–Trinajstić information content (AvgIpc) is 2.38. The number of rotatable bonds is 4. The highest BCUT2D eigenvalue weighted by atomic mass is 16.3. The molecule has 17 heavy (non-hydrogen) atoms. The lowest BCUT2D eigenvalue weighted by molar-refractivity contribution is -0.0124. The highest BCUT2D eigenvalue weighted by molar-refractivity contribution is 5.14. The summed E-state index contributed by atoms with van der Waals surface area (Å²) in [4.78, 5) is 4.60. The summed E-state index contributed by atoms with van der Waals surface area (Å²) in [6.45, 7) is 7.06. The number of hydrogen-bond acceptors (Lipinski definition) is 3. The molecule has 0 radical (unpaired) electrons. The average molecular weight is 234 g/mol. The van der Waals surface area contributed by atoms with Gasteiger partial charge in [-0.15, -0.1) is 0 Å². The maximum atomic E-state index is 9.48. The second kappa shape index (κ2) is 6.15. The van der Waals surface area contributed by atoms with Crippen molar-refractivity contribution in [1.82, 2.24) is 9.80 Å². The van der Waals surface area contributed by atoms with Crippen LogP contribution in [0.1, 0.15) is 12.5 Å². The van der Waals surface area contributed by atoms with Gasteiger partial charge in [-0.05, 0) is 18.9 Å². The molecule has 0 bridgehead atoms. The molecule has 1 aromatic rings. The van der Waals surface area contributed by atoms with E-state index in [0.717, 1.165) is 39.1 Å². The van der Waals surface area contributed by atoms with Crippen LogP contribution in [0.3, 0.4) is 0 Å². The third-order valence-corrected chi connectivity index (χ3v) is 3.49. The van der Waals surface area contributed by atoms with Crippen LogP contribution in [0.5, 0.6) is 0 Å². The lowest BCUT2D eigenvalue weighted by Gasteiger charge is -2.36. The first-order valence-corrected chi connectivity index (χ1v) is 6.44. The standard InChI is InChI=1S/C14H22N2O/c1-13(17)16-11-9-15(10-12-16)8-7-14-5-3-2-4-6-14/h2-6,13,17H,7-12H2,1H3. The number of hydrogen-bond donors (Lipinski definition) is 1. The predicted molar refractivity (Wildman–Crippen MR) is 69.8 cm³/mol. The molecule has 1 atom stereocenters. The van der Waals surface area contributed by atoms with Crippen molar-refractivity contribution in [3.63, 3.8) is 0 Å². The summed E-state index contributed by atoms with van der Waals surface area (Å²) >= 11 is 0. The smallest absolute Gasteiger partial charge is 0.104 e. The van der Waals surface area contributed by atoms with E-state index in [9.17, 15) is 5.11 Å². The minimum Gasteiger partial charge on any atom is -0.379 e. The molecule has 2 rings (SSSR count). The Bertz CT molecular complexity index is 318. The molecule has 3 heteroatoms. The fourth-order valence-electron chi connectivity index (χ4n) is 2.29. The molecule has 1 aliphatic heterocycles. The van der Waals surface area contributed by atoms with Crippen LogP contribution < -0.4 is 0 Å². The fraction of sp³-hybridized carbons (Fsp3) is 0.571. The van der Waals surface area contributed by atoms with Gasteiger partial charge < -0.3 is 10.0 Å². The van der Waals surface area contributed by atoms with Crippen LogP contribution in [0.2, 0.25) is 0 Å². The topological polar surface area (TPSA) is 26.7 Å². The summed E-state index contributed by atoms with van der Waals surface area (Å²) in [5.74, 6) is 0. The Hall–Kier alpha value is -0.900. The van der Waals surface area contributed by atoms with Gasteiger partial charge in [-0.25, -0.2) is 0 Å². The van der Waals surface area contributed by atoms with Gasteiger partial charge in [-0.2, -0.15) is 0 Å². The number of piperazine rings is 1. The molecule has 1 unspecified atom stereocenters. The summed E-state index contributed by atoms with van der Waals surface area (Å²) in [6, 6.07) is 10.6. The van der Waals surface area contributed by atoms with Crippen LogP contribution in [0, 0.1) is 0 Å². The van der Waals surface area contributed by atoms with Gasteiger partial charge >= 0.3 is 0 Å². The fourth-order valence-corrected chi connectivity index (χ4v) is 2.29. The van der Waals surface area contributed by atoms with Crippen molar-refractivity contribution in [2.24, 2.45) is 0 Å². The monoisotopic (exact) mass is 234 g/mol. The summed E-state index contributed by atoms with van der Waals surface area (Å²) < 4.78 is 0. The van der Waals surface area contributed by atoms with Crippen molar-refractivity contribution < 1.29 is 5.11 Å². The zero-order valence-corrected chi connectivity index (χ0v) is 10.5. The van der Waals surface area contributed by atoms with E-state index >= 15 is 0 Å². The van der Waals surface area contributed by atoms with Gasteiger partial charge in [-0.1, -0.05) is 30.3 Å². The first kappa shape index (κ1) is 12.6. The third kappa shape index (κ3) is 3.80. The quantitative estimate of drug-likeness (QED) is 0.847. The highest BCUT2D eigenvalue weighted by Gasteiger charge is 2.18. The van der Waals surface area contributed by atoms with Crippen LogP contribution in [0.4, 0.5) is 0 Å². The number of aliphatic hydroxyl groups is 1. The maximum absolute atomic E-state index is 9.48. The Labute approximate surface area is 104 Å². The van der Waals surface area contributed by atoms with Crippen molar-refractivity contribution in [2.75, 3.05) is 32.7 Å². The Morgan fingerprint density at radius 2 is 1.76 bits per heavy atom. The largest absolute Gasteiger partial charge is 0.379 e. The molecule has 1 fully saturated rings. The van der Waals surface area contributed by atoms with E-state index < -0.39 is 0 Å². The molecule has 1 aliphatic rings. The van der Waals surface area contributed by atoms with Gasteiger partial charge in [0.1, 0.15) is 6.23 Å². The van der Waals surface area contributed by atoms with Crippen molar-refractivity contribution in [3.05, 3.63) is 35.9 Å². The highest BCUT2D eigenvalue weighted by Crippen LogP contribution is 2.06. The molecule has 1 saturated heterocycles. The molecule has 0 saturated carbocycles. The Kier molecular flexibility index (Phi) is 4.54. The molecule has 94 valence electrons. The summed E-state index contributed by atoms with van der Waals surface area (Å²) in [5.41, 5.74) is 1.41. The van der Waals surface area contributed by atoms with Crippen molar-refractivity contribution in [2.45, 2.75) is 19.6 Å². The van der Waals surface area contributed by atoms with Crippen LogP contribution in [-0.4, -0.2) is 53.9 Å². The zero-order valence-electron chi connectivity index (χ0n) is 10.5. The van der Waals surface area contributed by atoms with Gasteiger partial charge in [-0.3, -0.25) is 4.90 Å². The second-order valence-electron chi connectivity index (χ2n) is 4.75. The minimum absolute atomic E-state index is 0.300. The molecule has 0 aliphatic carbocycles. The van der Waals surface area contributed by atoms with Crippen molar-refractivity contribution in [1.29, 1.82) is 0 Å². The summed E-state index contributed by atoms with van der Waals surface area (Å²) in [7, 11) is 0. The van der Waals surface area contributed by atoms with E-state index in [1.54, 1.807) is 0 Å². The Morgan fingerprint density at radius 3 is 2.35 bits per heavy atom. The molecule has 1 heterocycles.